The van der Waals surface area contributed by atoms with Crippen LogP contribution in [0, 0.1) is 5.82 Å². The Labute approximate surface area is 85.1 Å². The fraction of sp³-hybridized carbons (Fsp3) is 0. The number of hydrogen-bond donors (Lipinski definition) is 1. The van der Waals surface area contributed by atoms with Crippen molar-refractivity contribution in [3.05, 3.63) is 48.0 Å². The van der Waals surface area contributed by atoms with Crippen molar-refractivity contribution in [1.29, 1.82) is 0 Å². The molecule has 0 bridgehead atoms. The number of rotatable bonds is 2. The summed E-state index contributed by atoms with van der Waals surface area (Å²) in [4.78, 5) is 10.8. The Morgan fingerprint density at radius 2 is 2.27 bits per heavy atom. The van der Waals surface area contributed by atoms with Crippen LogP contribution < -0.4 is 5.73 Å². The van der Waals surface area contributed by atoms with Crippen LogP contribution in [0.1, 0.15) is 10.4 Å². The lowest BCUT2D eigenvalue weighted by molar-refractivity contribution is 0.1000. The monoisotopic (exact) mass is 205 g/mol. The molecule has 0 saturated carbocycles. The fourth-order valence-electron chi connectivity index (χ4n) is 1.26. The van der Waals surface area contributed by atoms with Gasteiger partial charge >= 0.3 is 0 Å². The van der Waals surface area contributed by atoms with Crippen LogP contribution in [0.25, 0.3) is 5.69 Å². The van der Waals surface area contributed by atoms with E-state index >= 15 is 0 Å². The molecule has 0 atom stereocenters. The minimum atomic E-state index is -0.652. The molecule has 1 aromatic carbocycles. The average Bonchev–Trinajstić information content (AvgIpc) is 2.70. The zero-order valence-electron chi connectivity index (χ0n) is 7.72. The molecule has 2 aromatic rings. The number of primary amides is 1. The number of benzene rings is 1. The summed E-state index contributed by atoms with van der Waals surface area (Å²) in [6.45, 7) is 0. The Balaban J connectivity index is 2.48. The number of halogens is 1. The van der Waals surface area contributed by atoms with E-state index in [2.05, 4.69) is 5.10 Å². The van der Waals surface area contributed by atoms with Crippen molar-refractivity contribution in [2.24, 2.45) is 5.73 Å². The first-order valence-electron chi connectivity index (χ1n) is 4.28. The molecule has 0 aliphatic carbocycles. The highest BCUT2D eigenvalue weighted by molar-refractivity contribution is 5.92. The molecule has 1 aromatic heterocycles. The van der Waals surface area contributed by atoms with E-state index in [0.29, 0.717) is 0 Å². The van der Waals surface area contributed by atoms with Gasteiger partial charge in [-0.3, -0.25) is 4.79 Å². The summed E-state index contributed by atoms with van der Waals surface area (Å²) in [6.07, 6.45) is 3.16. The highest BCUT2D eigenvalue weighted by atomic mass is 19.1. The third-order valence-corrected chi connectivity index (χ3v) is 1.98. The smallest absolute Gasteiger partial charge is 0.248 e. The topological polar surface area (TPSA) is 60.9 Å². The first-order valence-corrected chi connectivity index (χ1v) is 4.28. The number of carbonyl (C=O) groups excluding carboxylic acids is 1. The molecule has 15 heavy (non-hydrogen) atoms. The second kappa shape index (κ2) is 3.53. The third-order valence-electron chi connectivity index (χ3n) is 1.98. The molecule has 0 radical (unpaired) electrons. The molecular weight excluding hydrogens is 197 g/mol. The number of amides is 1. The van der Waals surface area contributed by atoms with Gasteiger partial charge < -0.3 is 5.73 Å². The molecule has 76 valence electrons. The fourth-order valence-corrected chi connectivity index (χ4v) is 1.26. The van der Waals surface area contributed by atoms with E-state index in [9.17, 15) is 9.18 Å². The largest absolute Gasteiger partial charge is 0.366 e. The second-order valence-corrected chi connectivity index (χ2v) is 2.98. The lowest BCUT2D eigenvalue weighted by atomic mass is 10.2. The number of hydrogen-bond acceptors (Lipinski definition) is 2. The molecule has 0 spiro atoms. The number of carbonyl (C=O) groups is 1. The number of aromatic nitrogens is 2. The minimum absolute atomic E-state index is 0.142. The number of nitrogens with two attached hydrogens (primary N) is 1. The van der Waals surface area contributed by atoms with Gasteiger partial charge in [0.1, 0.15) is 11.5 Å². The van der Waals surface area contributed by atoms with E-state index in [1.54, 1.807) is 18.5 Å². The first kappa shape index (κ1) is 9.39. The van der Waals surface area contributed by atoms with Gasteiger partial charge in [0.15, 0.2) is 0 Å². The van der Waals surface area contributed by atoms with Crippen molar-refractivity contribution in [2.75, 3.05) is 0 Å². The SMILES string of the molecule is NC(=O)c1ccc(-n2cccn2)c(F)c1. The molecule has 1 amide bonds. The Morgan fingerprint density at radius 1 is 1.47 bits per heavy atom. The van der Waals surface area contributed by atoms with Crippen LogP contribution in [-0.4, -0.2) is 15.7 Å². The second-order valence-electron chi connectivity index (χ2n) is 2.98. The summed E-state index contributed by atoms with van der Waals surface area (Å²) in [5, 5.41) is 3.88. The Morgan fingerprint density at radius 3 is 2.80 bits per heavy atom. The van der Waals surface area contributed by atoms with Gasteiger partial charge in [-0.25, -0.2) is 9.07 Å². The van der Waals surface area contributed by atoms with Crippen LogP contribution in [0.15, 0.2) is 36.7 Å². The molecule has 0 aliphatic rings. The van der Waals surface area contributed by atoms with E-state index < -0.39 is 11.7 Å². The van der Waals surface area contributed by atoms with Crippen molar-refractivity contribution < 1.29 is 9.18 Å². The van der Waals surface area contributed by atoms with Gasteiger partial charge in [0.25, 0.3) is 0 Å². The highest BCUT2D eigenvalue weighted by Crippen LogP contribution is 2.13. The van der Waals surface area contributed by atoms with Crippen molar-refractivity contribution in [3.63, 3.8) is 0 Å². The molecule has 2 rings (SSSR count). The molecule has 0 aliphatic heterocycles. The third kappa shape index (κ3) is 1.71. The predicted molar refractivity (Wildman–Crippen MR) is 52.0 cm³/mol. The maximum Gasteiger partial charge on any atom is 0.248 e. The van der Waals surface area contributed by atoms with E-state index in [0.717, 1.165) is 6.07 Å². The highest BCUT2D eigenvalue weighted by Gasteiger charge is 2.08. The van der Waals surface area contributed by atoms with Gasteiger partial charge in [-0.2, -0.15) is 5.10 Å². The van der Waals surface area contributed by atoms with Crippen molar-refractivity contribution >= 4 is 5.91 Å². The van der Waals surface area contributed by atoms with Gasteiger partial charge in [-0.15, -0.1) is 0 Å². The van der Waals surface area contributed by atoms with Crippen molar-refractivity contribution in [2.45, 2.75) is 0 Å². The van der Waals surface area contributed by atoms with Gasteiger partial charge in [-0.1, -0.05) is 0 Å². The summed E-state index contributed by atoms with van der Waals surface area (Å²) >= 11 is 0. The molecule has 0 saturated heterocycles. The predicted octanol–water partition coefficient (Wildman–Crippen LogP) is 1.11. The van der Waals surface area contributed by atoms with Crippen molar-refractivity contribution in [3.8, 4) is 5.69 Å². The van der Waals surface area contributed by atoms with Crippen LogP contribution >= 0.6 is 0 Å². The summed E-state index contributed by atoms with van der Waals surface area (Å²) in [7, 11) is 0. The van der Waals surface area contributed by atoms with Crippen LogP contribution in [0.2, 0.25) is 0 Å². The van der Waals surface area contributed by atoms with Gasteiger partial charge in [0, 0.05) is 18.0 Å². The summed E-state index contributed by atoms with van der Waals surface area (Å²) < 4.78 is 14.9. The zero-order valence-corrected chi connectivity index (χ0v) is 7.72. The summed E-state index contributed by atoms with van der Waals surface area (Å²) in [6, 6.07) is 5.70. The van der Waals surface area contributed by atoms with Crippen LogP contribution in [-0.2, 0) is 0 Å². The van der Waals surface area contributed by atoms with Crippen LogP contribution in [0.3, 0.4) is 0 Å². The first-order chi connectivity index (χ1) is 7.18. The van der Waals surface area contributed by atoms with E-state index in [1.807, 2.05) is 0 Å². The molecule has 1 heterocycles. The van der Waals surface area contributed by atoms with Crippen LogP contribution in [0.5, 0.6) is 0 Å². The summed E-state index contributed by atoms with van der Waals surface area (Å²) in [5.74, 6) is -1.18. The minimum Gasteiger partial charge on any atom is -0.366 e. The molecule has 2 N–H and O–H groups in total. The van der Waals surface area contributed by atoms with Gasteiger partial charge in [0.05, 0.1) is 0 Å². The van der Waals surface area contributed by atoms with E-state index in [-0.39, 0.29) is 11.3 Å². The molecular formula is C10H8FN3O. The molecule has 4 nitrogen and oxygen atoms in total. The summed E-state index contributed by atoms with van der Waals surface area (Å²) in [5.41, 5.74) is 5.45. The standard InChI is InChI=1S/C10H8FN3O/c11-8-6-7(10(12)15)2-3-9(8)14-5-1-4-13-14/h1-6H,(H2,12,15). The lowest BCUT2D eigenvalue weighted by Gasteiger charge is -2.03. The van der Waals surface area contributed by atoms with Crippen LogP contribution in [0.4, 0.5) is 4.39 Å². The average molecular weight is 205 g/mol. The Hall–Kier alpha value is -2.17. The Bertz CT molecular complexity index is 493. The molecule has 5 heteroatoms. The van der Waals surface area contributed by atoms with Crippen molar-refractivity contribution in [1.82, 2.24) is 9.78 Å². The van der Waals surface area contributed by atoms with E-state index in [1.165, 1.54) is 16.8 Å². The van der Waals surface area contributed by atoms with Gasteiger partial charge in [0.2, 0.25) is 5.91 Å². The quantitative estimate of drug-likeness (QED) is 0.798. The normalized spacial score (nSPS) is 10.2. The maximum absolute atomic E-state index is 13.5. The number of nitrogens with zero attached hydrogens (tertiary/aromatic N) is 2. The lowest BCUT2D eigenvalue weighted by Crippen LogP contribution is -2.11. The maximum atomic E-state index is 13.5. The zero-order chi connectivity index (χ0) is 10.8. The molecule has 0 fully saturated rings. The Kier molecular flexibility index (Phi) is 2.21. The molecule has 0 unspecified atom stereocenters. The van der Waals surface area contributed by atoms with Gasteiger partial charge in [-0.05, 0) is 24.3 Å². The van der Waals surface area contributed by atoms with E-state index in [4.69, 9.17) is 5.73 Å².